The van der Waals surface area contributed by atoms with Gasteiger partial charge < -0.3 is 10.1 Å². The number of benzene rings is 2. The summed E-state index contributed by atoms with van der Waals surface area (Å²) in [6.07, 6.45) is 0. The molecule has 0 saturated carbocycles. The Morgan fingerprint density at radius 3 is 2.40 bits per heavy atom. The first-order chi connectivity index (χ1) is 11.8. The minimum atomic E-state index is -3.35. The lowest BCUT2D eigenvalue weighted by Gasteiger charge is -2.15. The van der Waals surface area contributed by atoms with Crippen LogP contribution in [-0.2, 0) is 16.4 Å². The van der Waals surface area contributed by atoms with Crippen LogP contribution in [0.3, 0.4) is 0 Å². The SMILES string of the molecule is CCNCc1cc(S(=O)(=O)C(C)C)ccc1Oc1ccc(Cl)c(Cl)c1. The average molecular weight is 402 g/mol. The van der Waals surface area contributed by atoms with Crippen molar-refractivity contribution in [2.24, 2.45) is 0 Å². The number of hydrogen-bond donors (Lipinski definition) is 1. The molecule has 0 bridgehead atoms. The quantitative estimate of drug-likeness (QED) is 0.702. The molecule has 2 rings (SSSR count). The first-order valence-electron chi connectivity index (χ1n) is 7.96. The summed E-state index contributed by atoms with van der Waals surface area (Å²) in [6.45, 7) is 6.56. The van der Waals surface area contributed by atoms with E-state index in [1.807, 2.05) is 6.92 Å². The van der Waals surface area contributed by atoms with Crippen LogP contribution in [0.2, 0.25) is 10.0 Å². The first-order valence-corrected chi connectivity index (χ1v) is 10.3. The highest BCUT2D eigenvalue weighted by atomic mass is 35.5. The molecular formula is C18H21Cl2NO3S. The maximum absolute atomic E-state index is 12.4. The van der Waals surface area contributed by atoms with Crippen molar-refractivity contribution < 1.29 is 13.2 Å². The Morgan fingerprint density at radius 1 is 1.08 bits per heavy atom. The maximum Gasteiger partial charge on any atom is 0.180 e. The molecule has 2 aromatic rings. The molecule has 7 heteroatoms. The van der Waals surface area contributed by atoms with Crippen LogP contribution in [-0.4, -0.2) is 20.2 Å². The van der Waals surface area contributed by atoms with Crippen molar-refractivity contribution in [3.8, 4) is 11.5 Å². The normalized spacial score (nSPS) is 11.8. The van der Waals surface area contributed by atoms with E-state index in [-0.39, 0.29) is 4.90 Å². The van der Waals surface area contributed by atoms with Crippen LogP contribution in [0.4, 0.5) is 0 Å². The monoisotopic (exact) mass is 401 g/mol. The number of hydrogen-bond acceptors (Lipinski definition) is 4. The molecule has 0 radical (unpaired) electrons. The molecule has 0 aliphatic heterocycles. The Morgan fingerprint density at radius 2 is 1.80 bits per heavy atom. The van der Waals surface area contributed by atoms with Crippen molar-refractivity contribution in [3.63, 3.8) is 0 Å². The number of rotatable bonds is 7. The third-order valence-electron chi connectivity index (χ3n) is 3.67. The van der Waals surface area contributed by atoms with Gasteiger partial charge in [-0.1, -0.05) is 30.1 Å². The fraction of sp³-hybridized carbons (Fsp3) is 0.333. The molecule has 0 unspecified atom stereocenters. The van der Waals surface area contributed by atoms with Gasteiger partial charge >= 0.3 is 0 Å². The summed E-state index contributed by atoms with van der Waals surface area (Å²) in [5, 5.41) is 3.55. The molecule has 2 aromatic carbocycles. The van der Waals surface area contributed by atoms with E-state index < -0.39 is 15.1 Å². The summed E-state index contributed by atoms with van der Waals surface area (Å²) in [6, 6.07) is 9.89. The smallest absolute Gasteiger partial charge is 0.180 e. The number of halogens is 2. The lowest BCUT2D eigenvalue weighted by atomic mass is 10.2. The van der Waals surface area contributed by atoms with Gasteiger partial charge in [0, 0.05) is 18.2 Å². The van der Waals surface area contributed by atoms with Crippen LogP contribution >= 0.6 is 23.2 Å². The zero-order valence-electron chi connectivity index (χ0n) is 14.3. The van der Waals surface area contributed by atoms with Crippen LogP contribution in [0.1, 0.15) is 26.3 Å². The minimum absolute atomic E-state index is 0.289. The summed E-state index contributed by atoms with van der Waals surface area (Å²) < 4.78 is 30.7. The maximum atomic E-state index is 12.4. The third-order valence-corrected chi connectivity index (χ3v) is 6.56. The van der Waals surface area contributed by atoms with Crippen molar-refractivity contribution >= 4 is 33.0 Å². The van der Waals surface area contributed by atoms with Gasteiger partial charge in [0.25, 0.3) is 0 Å². The van der Waals surface area contributed by atoms with Gasteiger partial charge in [-0.25, -0.2) is 8.42 Å². The van der Waals surface area contributed by atoms with Crippen LogP contribution < -0.4 is 10.1 Å². The zero-order valence-corrected chi connectivity index (χ0v) is 16.7. The molecule has 0 fully saturated rings. The van der Waals surface area contributed by atoms with Crippen LogP contribution in [0.25, 0.3) is 0 Å². The number of nitrogens with one attached hydrogen (secondary N) is 1. The molecule has 0 atom stereocenters. The second-order valence-corrected chi connectivity index (χ2v) is 9.14. The van der Waals surface area contributed by atoms with Gasteiger partial charge in [-0.05, 0) is 50.7 Å². The summed E-state index contributed by atoms with van der Waals surface area (Å²) >= 11 is 11.9. The molecule has 0 aliphatic carbocycles. The van der Waals surface area contributed by atoms with Crippen LogP contribution in [0, 0.1) is 0 Å². The van der Waals surface area contributed by atoms with Gasteiger partial charge in [0.1, 0.15) is 11.5 Å². The standard InChI is InChI=1S/C18H21Cl2NO3S/c1-4-21-11-13-9-15(25(22,23)12(2)3)6-8-18(13)24-14-5-7-16(19)17(20)10-14/h5-10,12,21H,4,11H2,1-3H3. The summed E-state index contributed by atoms with van der Waals surface area (Å²) in [4.78, 5) is 0.289. The van der Waals surface area contributed by atoms with E-state index in [1.54, 1.807) is 50.2 Å². The molecule has 0 amide bonds. The molecule has 25 heavy (non-hydrogen) atoms. The Balaban J connectivity index is 2.41. The van der Waals surface area contributed by atoms with E-state index in [2.05, 4.69) is 5.32 Å². The Labute approximate surface area is 159 Å². The molecule has 4 nitrogen and oxygen atoms in total. The lowest BCUT2D eigenvalue weighted by Crippen LogP contribution is -2.16. The number of sulfone groups is 1. The van der Waals surface area contributed by atoms with E-state index in [9.17, 15) is 8.42 Å². The van der Waals surface area contributed by atoms with Crippen molar-refractivity contribution in [2.45, 2.75) is 37.5 Å². The van der Waals surface area contributed by atoms with Gasteiger partial charge in [-0.15, -0.1) is 0 Å². The molecule has 136 valence electrons. The molecule has 0 heterocycles. The van der Waals surface area contributed by atoms with Crippen molar-refractivity contribution in [3.05, 3.63) is 52.0 Å². The van der Waals surface area contributed by atoms with Gasteiger partial charge in [0.05, 0.1) is 20.2 Å². The van der Waals surface area contributed by atoms with E-state index in [4.69, 9.17) is 27.9 Å². The fourth-order valence-corrected chi connectivity index (χ4v) is 3.57. The Hall–Kier alpha value is -1.27. The van der Waals surface area contributed by atoms with Gasteiger partial charge in [-0.2, -0.15) is 0 Å². The van der Waals surface area contributed by atoms with Crippen molar-refractivity contribution in [1.82, 2.24) is 5.32 Å². The van der Waals surface area contributed by atoms with Gasteiger partial charge in [0.15, 0.2) is 9.84 Å². The summed E-state index contributed by atoms with van der Waals surface area (Å²) in [5.74, 6) is 1.11. The lowest BCUT2D eigenvalue weighted by molar-refractivity contribution is 0.472. The van der Waals surface area contributed by atoms with Gasteiger partial charge in [0.2, 0.25) is 0 Å². The Kier molecular flexibility index (Phi) is 6.74. The Bertz CT molecular complexity index is 851. The van der Waals surface area contributed by atoms with E-state index in [0.29, 0.717) is 28.1 Å². The second-order valence-electron chi connectivity index (χ2n) is 5.82. The van der Waals surface area contributed by atoms with Crippen LogP contribution in [0.15, 0.2) is 41.3 Å². The molecular weight excluding hydrogens is 381 g/mol. The third kappa shape index (κ3) is 4.88. The molecule has 0 spiro atoms. The van der Waals surface area contributed by atoms with Crippen molar-refractivity contribution in [1.29, 1.82) is 0 Å². The molecule has 1 N–H and O–H groups in total. The van der Waals surface area contributed by atoms with E-state index >= 15 is 0 Å². The summed E-state index contributed by atoms with van der Waals surface area (Å²) in [5.41, 5.74) is 0.759. The van der Waals surface area contributed by atoms with Crippen molar-refractivity contribution in [2.75, 3.05) is 6.54 Å². The predicted octanol–water partition coefficient (Wildman–Crippen LogP) is 5.08. The number of ether oxygens (including phenoxy) is 1. The van der Waals surface area contributed by atoms with Gasteiger partial charge in [-0.3, -0.25) is 0 Å². The first kappa shape index (κ1) is 20.0. The highest BCUT2D eigenvalue weighted by Crippen LogP contribution is 2.32. The highest BCUT2D eigenvalue weighted by molar-refractivity contribution is 7.92. The molecule has 0 aliphatic rings. The summed E-state index contributed by atoms with van der Waals surface area (Å²) in [7, 11) is -3.35. The minimum Gasteiger partial charge on any atom is -0.457 e. The fourth-order valence-electron chi connectivity index (χ4n) is 2.17. The predicted molar refractivity (Wildman–Crippen MR) is 103 cm³/mol. The highest BCUT2D eigenvalue weighted by Gasteiger charge is 2.21. The molecule has 0 aromatic heterocycles. The van der Waals surface area contributed by atoms with E-state index in [0.717, 1.165) is 12.1 Å². The van der Waals surface area contributed by atoms with E-state index in [1.165, 1.54) is 0 Å². The largest absolute Gasteiger partial charge is 0.457 e. The topological polar surface area (TPSA) is 55.4 Å². The van der Waals surface area contributed by atoms with Crippen LogP contribution in [0.5, 0.6) is 11.5 Å². The second kappa shape index (κ2) is 8.41. The molecule has 0 saturated heterocycles. The average Bonchev–Trinajstić information content (AvgIpc) is 2.57. The zero-order chi connectivity index (χ0) is 18.6.